The van der Waals surface area contributed by atoms with Gasteiger partial charge >= 0.3 is 12.1 Å². The van der Waals surface area contributed by atoms with Crippen LogP contribution in [0.5, 0.6) is 0 Å². The maximum Gasteiger partial charge on any atom is 0.417 e. The number of alkyl halides is 3. The largest absolute Gasteiger partial charge is 0.417 e. The molecule has 7 heteroatoms. The molecule has 0 atom stereocenters. The number of benzene rings is 2. The topological polar surface area (TPSA) is 38.7 Å². The molecular formula is C17H9ClF3NO2. The fourth-order valence-electron chi connectivity index (χ4n) is 2.12. The third-order valence-corrected chi connectivity index (χ3v) is 3.57. The standard InChI is InChI=1S/C17H9ClF3NO2/c18-13-7-6-10(8-12(13)17(19,20)21)9-14-16(23)24-15(22-14)11-4-2-1-3-5-11/h1-9H/b14-9+. The first kappa shape index (κ1) is 16.3. The number of carbonyl (C=O) groups excluding carboxylic acids is 1. The molecule has 122 valence electrons. The predicted octanol–water partition coefficient (Wildman–Crippen LogP) is 4.70. The van der Waals surface area contributed by atoms with Crippen LogP contribution < -0.4 is 0 Å². The average Bonchev–Trinajstić information content (AvgIpc) is 2.90. The second-order valence-electron chi connectivity index (χ2n) is 4.94. The molecule has 0 saturated heterocycles. The van der Waals surface area contributed by atoms with Crippen molar-refractivity contribution >= 4 is 29.5 Å². The first-order valence-corrected chi connectivity index (χ1v) is 7.17. The molecule has 0 saturated carbocycles. The number of halogens is 4. The van der Waals surface area contributed by atoms with E-state index in [-0.39, 0.29) is 17.2 Å². The lowest BCUT2D eigenvalue weighted by molar-refractivity contribution is -0.137. The first-order valence-electron chi connectivity index (χ1n) is 6.79. The number of hydrogen-bond acceptors (Lipinski definition) is 3. The lowest BCUT2D eigenvalue weighted by Gasteiger charge is -2.09. The van der Waals surface area contributed by atoms with Gasteiger partial charge in [-0.15, -0.1) is 0 Å². The molecule has 1 heterocycles. The summed E-state index contributed by atoms with van der Waals surface area (Å²) < 4.78 is 43.7. The Balaban J connectivity index is 1.97. The Morgan fingerprint density at radius 2 is 1.79 bits per heavy atom. The van der Waals surface area contributed by atoms with Crippen molar-refractivity contribution in [3.63, 3.8) is 0 Å². The molecule has 3 nitrogen and oxygen atoms in total. The minimum Gasteiger partial charge on any atom is -0.402 e. The molecule has 0 aromatic heterocycles. The third-order valence-electron chi connectivity index (χ3n) is 3.24. The molecular weight excluding hydrogens is 343 g/mol. The van der Waals surface area contributed by atoms with Gasteiger partial charge in [-0.3, -0.25) is 0 Å². The van der Waals surface area contributed by atoms with Crippen molar-refractivity contribution in [1.82, 2.24) is 0 Å². The van der Waals surface area contributed by atoms with Crippen LogP contribution in [0.3, 0.4) is 0 Å². The van der Waals surface area contributed by atoms with Crippen LogP contribution in [0.25, 0.3) is 6.08 Å². The number of rotatable bonds is 2. The molecule has 1 aliphatic heterocycles. The predicted molar refractivity (Wildman–Crippen MR) is 83.5 cm³/mol. The molecule has 2 aromatic rings. The summed E-state index contributed by atoms with van der Waals surface area (Å²) in [7, 11) is 0. The average molecular weight is 352 g/mol. The van der Waals surface area contributed by atoms with Gasteiger partial charge in [-0.2, -0.15) is 13.2 Å². The summed E-state index contributed by atoms with van der Waals surface area (Å²) >= 11 is 5.57. The smallest absolute Gasteiger partial charge is 0.402 e. The van der Waals surface area contributed by atoms with Crippen LogP contribution in [0.2, 0.25) is 5.02 Å². The van der Waals surface area contributed by atoms with E-state index in [1.54, 1.807) is 30.3 Å². The molecule has 3 rings (SSSR count). The lowest BCUT2D eigenvalue weighted by Crippen LogP contribution is -2.06. The van der Waals surface area contributed by atoms with Crippen LogP contribution in [-0.4, -0.2) is 11.9 Å². The summed E-state index contributed by atoms with van der Waals surface area (Å²) in [5, 5.41) is -0.410. The molecule has 24 heavy (non-hydrogen) atoms. The zero-order valence-electron chi connectivity index (χ0n) is 12.0. The van der Waals surface area contributed by atoms with Gasteiger partial charge in [0, 0.05) is 5.56 Å². The Hall–Kier alpha value is -2.60. The monoisotopic (exact) mass is 351 g/mol. The highest BCUT2D eigenvalue weighted by Gasteiger charge is 2.33. The van der Waals surface area contributed by atoms with Crippen molar-refractivity contribution in [2.24, 2.45) is 4.99 Å². The number of cyclic esters (lactones) is 1. The summed E-state index contributed by atoms with van der Waals surface area (Å²) in [6.45, 7) is 0. The van der Waals surface area contributed by atoms with Gasteiger partial charge < -0.3 is 4.74 Å². The van der Waals surface area contributed by atoms with Crippen LogP contribution in [0.4, 0.5) is 13.2 Å². The summed E-state index contributed by atoms with van der Waals surface area (Å²) in [5.74, 6) is -0.616. The Morgan fingerprint density at radius 3 is 2.46 bits per heavy atom. The fraction of sp³-hybridized carbons (Fsp3) is 0.0588. The molecule has 0 amide bonds. The maximum absolute atomic E-state index is 12.9. The van der Waals surface area contributed by atoms with E-state index in [1.165, 1.54) is 12.1 Å². The number of carbonyl (C=O) groups is 1. The van der Waals surface area contributed by atoms with Crippen LogP contribution in [0.1, 0.15) is 16.7 Å². The minimum absolute atomic E-state index is 0.0794. The van der Waals surface area contributed by atoms with E-state index < -0.39 is 22.7 Å². The van der Waals surface area contributed by atoms with E-state index in [0.29, 0.717) is 5.56 Å². The molecule has 0 spiro atoms. The Bertz CT molecular complexity index is 858. The van der Waals surface area contributed by atoms with Crippen LogP contribution in [-0.2, 0) is 15.7 Å². The molecule has 0 aliphatic carbocycles. The SMILES string of the molecule is O=C1OC(c2ccccc2)=N/C1=C/c1ccc(Cl)c(C(F)(F)F)c1. The van der Waals surface area contributed by atoms with Crippen LogP contribution >= 0.6 is 11.6 Å². The number of nitrogens with zero attached hydrogens (tertiary/aromatic N) is 1. The van der Waals surface area contributed by atoms with Gasteiger partial charge in [0.05, 0.1) is 10.6 Å². The summed E-state index contributed by atoms with van der Waals surface area (Å²) in [6.07, 6.45) is -3.36. The molecule has 0 unspecified atom stereocenters. The molecule has 2 aromatic carbocycles. The van der Waals surface area contributed by atoms with E-state index in [1.807, 2.05) is 0 Å². The van der Waals surface area contributed by atoms with Gasteiger partial charge in [-0.1, -0.05) is 35.9 Å². The van der Waals surface area contributed by atoms with E-state index in [2.05, 4.69) is 4.99 Å². The lowest BCUT2D eigenvalue weighted by atomic mass is 10.1. The van der Waals surface area contributed by atoms with Gasteiger partial charge in [0.15, 0.2) is 5.70 Å². The molecule has 0 radical (unpaired) electrons. The van der Waals surface area contributed by atoms with Gasteiger partial charge in [-0.05, 0) is 35.9 Å². The fourth-order valence-corrected chi connectivity index (χ4v) is 2.35. The van der Waals surface area contributed by atoms with E-state index in [0.717, 1.165) is 12.1 Å². The number of hydrogen-bond donors (Lipinski definition) is 0. The van der Waals surface area contributed by atoms with E-state index in [9.17, 15) is 18.0 Å². The zero-order chi connectivity index (χ0) is 17.3. The van der Waals surface area contributed by atoms with Crippen molar-refractivity contribution in [1.29, 1.82) is 0 Å². The minimum atomic E-state index is -4.58. The summed E-state index contributed by atoms with van der Waals surface area (Å²) in [6, 6.07) is 12.1. The van der Waals surface area contributed by atoms with Gasteiger partial charge in [0.25, 0.3) is 0 Å². The first-order chi connectivity index (χ1) is 11.3. The number of ether oxygens (including phenoxy) is 1. The van der Waals surface area contributed by atoms with Crippen molar-refractivity contribution in [3.05, 3.63) is 75.9 Å². The highest BCUT2D eigenvalue weighted by Crippen LogP contribution is 2.35. The van der Waals surface area contributed by atoms with Gasteiger partial charge in [-0.25, -0.2) is 9.79 Å². The molecule has 0 fully saturated rings. The third kappa shape index (κ3) is 3.33. The Kier molecular flexibility index (Phi) is 4.15. The normalized spacial score (nSPS) is 16.2. The highest BCUT2D eigenvalue weighted by atomic mass is 35.5. The van der Waals surface area contributed by atoms with Gasteiger partial charge in [0.1, 0.15) is 0 Å². The number of esters is 1. The Labute approximate surface area is 140 Å². The van der Waals surface area contributed by atoms with Crippen molar-refractivity contribution in [2.75, 3.05) is 0 Å². The quantitative estimate of drug-likeness (QED) is 0.581. The Morgan fingerprint density at radius 1 is 1.08 bits per heavy atom. The zero-order valence-corrected chi connectivity index (χ0v) is 12.7. The van der Waals surface area contributed by atoms with Crippen molar-refractivity contribution in [2.45, 2.75) is 6.18 Å². The molecule has 1 aliphatic rings. The molecule has 0 N–H and O–H groups in total. The van der Waals surface area contributed by atoms with Crippen LogP contribution in [0, 0.1) is 0 Å². The van der Waals surface area contributed by atoms with E-state index in [4.69, 9.17) is 16.3 Å². The van der Waals surface area contributed by atoms with Crippen molar-refractivity contribution < 1.29 is 22.7 Å². The molecule has 0 bridgehead atoms. The van der Waals surface area contributed by atoms with Gasteiger partial charge in [0.2, 0.25) is 5.90 Å². The number of aliphatic imine (C=N–C) groups is 1. The summed E-state index contributed by atoms with van der Waals surface area (Å²) in [5.41, 5.74) is -0.306. The second-order valence-corrected chi connectivity index (χ2v) is 5.35. The van der Waals surface area contributed by atoms with E-state index >= 15 is 0 Å². The second kappa shape index (κ2) is 6.13. The summed E-state index contributed by atoms with van der Waals surface area (Å²) in [4.78, 5) is 15.9. The highest BCUT2D eigenvalue weighted by molar-refractivity contribution is 6.31. The van der Waals surface area contributed by atoms with Crippen molar-refractivity contribution in [3.8, 4) is 0 Å². The van der Waals surface area contributed by atoms with Crippen LogP contribution in [0.15, 0.2) is 59.2 Å². The maximum atomic E-state index is 12.9.